The van der Waals surface area contributed by atoms with Crippen LogP contribution in [0.25, 0.3) is 0 Å². The van der Waals surface area contributed by atoms with Crippen LogP contribution in [0.5, 0.6) is 0 Å². The van der Waals surface area contributed by atoms with E-state index in [2.05, 4.69) is 43.1 Å². The second kappa shape index (κ2) is 3.84. The fraction of sp³-hybridized carbons (Fsp3) is 0.333. The van der Waals surface area contributed by atoms with Crippen LogP contribution in [0.15, 0.2) is 41.7 Å². The monoisotopic (exact) mass is 207 g/mol. The Bertz CT molecular complexity index is 345. The molecule has 1 aromatic rings. The van der Waals surface area contributed by atoms with Crippen molar-refractivity contribution in [1.29, 1.82) is 0 Å². The maximum atomic E-state index is 5.79. The molecular formula is C12H16OP+. The van der Waals surface area contributed by atoms with Crippen molar-refractivity contribution < 1.29 is 4.52 Å². The molecule has 1 atom stereocenters. The Kier molecular flexibility index (Phi) is 2.71. The number of benzene rings is 1. The van der Waals surface area contributed by atoms with Crippen LogP contribution < -0.4 is 5.30 Å². The summed E-state index contributed by atoms with van der Waals surface area (Å²) in [5.74, 6) is 2.36. The predicted octanol–water partition coefficient (Wildman–Crippen LogP) is 3.20. The van der Waals surface area contributed by atoms with Gasteiger partial charge in [-0.1, -0.05) is 18.2 Å². The van der Waals surface area contributed by atoms with E-state index in [9.17, 15) is 0 Å². The number of hydrogen-bond acceptors (Lipinski definition) is 1. The average molecular weight is 207 g/mol. The summed E-state index contributed by atoms with van der Waals surface area (Å²) < 4.78 is 5.79. The molecule has 0 aromatic heterocycles. The highest BCUT2D eigenvalue weighted by Crippen LogP contribution is 2.64. The Morgan fingerprint density at radius 2 is 1.93 bits per heavy atom. The zero-order chi connectivity index (χ0) is 10.0. The SMILES string of the molecule is CO[P+]1(c2ccccc2)C=C(C)CC1. The molecule has 0 bridgehead atoms. The zero-order valence-electron chi connectivity index (χ0n) is 8.73. The van der Waals surface area contributed by atoms with Crippen LogP contribution in [0, 0.1) is 0 Å². The highest BCUT2D eigenvalue weighted by atomic mass is 31.2. The van der Waals surface area contributed by atoms with Crippen LogP contribution in [-0.4, -0.2) is 13.3 Å². The van der Waals surface area contributed by atoms with Crippen LogP contribution in [0.3, 0.4) is 0 Å². The predicted molar refractivity (Wildman–Crippen MR) is 63.2 cm³/mol. The van der Waals surface area contributed by atoms with Crippen molar-refractivity contribution >= 4 is 12.8 Å². The van der Waals surface area contributed by atoms with E-state index in [1.54, 1.807) is 0 Å². The maximum absolute atomic E-state index is 5.79. The summed E-state index contributed by atoms with van der Waals surface area (Å²) in [4.78, 5) is 0. The molecule has 0 saturated carbocycles. The van der Waals surface area contributed by atoms with Gasteiger partial charge in [-0.25, -0.2) is 4.52 Å². The molecule has 74 valence electrons. The molecular weight excluding hydrogens is 191 g/mol. The van der Waals surface area contributed by atoms with Crippen LogP contribution in [0.2, 0.25) is 0 Å². The first-order valence-electron chi connectivity index (χ1n) is 4.94. The van der Waals surface area contributed by atoms with Gasteiger partial charge in [0, 0.05) is 6.42 Å². The van der Waals surface area contributed by atoms with Crippen LogP contribution in [0.4, 0.5) is 0 Å². The fourth-order valence-electron chi connectivity index (χ4n) is 1.96. The fourth-order valence-corrected chi connectivity index (χ4v) is 5.20. The van der Waals surface area contributed by atoms with Gasteiger partial charge in [-0.3, -0.25) is 0 Å². The molecule has 2 rings (SSSR count). The van der Waals surface area contributed by atoms with Gasteiger partial charge < -0.3 is 0 Å². The molecule has 0 amide bonds. The topological polar surface area (TPSA) is 9.23 Å². The Balaban J connectivity index is 2.40. The third-order valence-corrected chi connectivity index (χ3v) is 6.36. The van der Waals surface area contributed by atoms with Crippen molar-refractivity contribution in [3.8, 4) is 0 Å². The Hall–Kier alpha value is -0.650. The average Bonchev–Trinajstić information content (AvgIpc) is 2.63. The van der Waals surface area contributed by atoms with E-state index in [1.807, 2.05) is 7.11 Å². The molecule has 14 heavy (non-hydrogen) atoms. The largest absolute Gasteiger partial charge is 0.231 e. The number of allylic oxidation sites excluding steroid dienone is 1. The Labute approximate surface area is 86.2 Å². The van der Waals surface area contributed by atoms with Gasteiger partial charge >= 0.3 is 0 Å². The molecule has 0 N–H and O–H groups in total. The third kappa shape index (κ3) is 1.63. The molecule has 1 nitrogen and oxygen atoms in total. The summed E-state index contributed by atoms with van der Waals surface area (Å²) in [7, 11) is 0.445. The van der Waals surface area contributed by atoms with Gasteiger partial charge in [0.15, 0.2) is 0 Å². The lowest BCUT2D eigenvalue weighted by Gasteiger charge is -2.15. The van der Waals surface area contributed by atoms with Crippen LogP contribution in [-0.2, 0) is 4.52 Å². The van der Waals surface area contributed by atoms with Crippen molar-refractivity contribution in [2.45, 2.75) is 13.3 Å². The summed E-state index contributed by atoms with van der Waals surface area (Å²) in [5, 5.41) is 1.37. The minimum atomic E-state index is -1.40. The van der Waals surface area contributed by atoms with Crippen LogP contribution >= 0.6 is 7.49 Å². The summed E-state index contributed by atoms with van der Waals surface area (Å²) in [6.07, 6.45) is 2.37. The lowest BCUT2D eigenvalue weighted by molar-refractivity contribution is 0.459. The first kappa shape index (κ1) is 9.89. The standard InChI is InChI=1S/C12H16OP/c1-11-8-9-14(10-11,13-2)12-6-4-3-5-7-12/h3-7,10H,8-9H2,1-2H3/q+1. The lowest BCUT2D eigenvalue weighted by atomic mass is 10.3. The molecule has 0 spiro atoms. The minimum Gasteiger partial charge on any atom is -0.231 e. The van der Waals surface area contributed by atoms with Gasteiger partial charge in [0.05, 0.1) is 19.1 Å². The summed E-state index contributed by atoms with van der Waals surface area (Å²) in [5.41, 5.74) is 1.48. The normalized spacial score (nSPS) is 26.3. The molecule has 1 unspecified atom stereocenters. The van der Waals surface area contributed by atoms with Gasteiger partial charge in [0.25, 0.3) is 0 Å². The first-order chi connectivity index (χ1) is 6.77. The molecule has 2 heteroatoms. The summed E-state index contributed by atoms with van der Waals surface area (Å²) >= 11 is 0. The van der Waals surface area contributed by atoms with Gasteiger partial charge in [0.1, 0.15) is 5.30 Å². The van der Waals surface area contributed by atoms with Crippen molar-refractivity contribution in [3.63, 3.8) is 0 Å². The number of rotatable bonds is 2. The van der Waals surface area contributed by atoms with E-state index in [0.717, 1.165) is 0 Å². The van der Waals surface area contributed by atoms with Gasteiger partial charge in [-0.15, -0.1) is 0 Å². The van der Waals surface area contributed by atoms with Gasteiger partial charge in [-0.05, 0) is 24.6 Å². The maximum Gasteiger partial charge on any atom is 0.202 e. The van der Waals surface area contributed by atoms with E-state index in [-0.39, 0.29) is 0 Å². The lowest BCUT2D eigenvalue weighted by Crippen LogP contribution is -2.11. The summed E-state index contributed by atoms with van der Waals surface area (Å²) in [6, 6.07) is 10.6. The minimum absolute atomic E-state index is 1.18. The van der Waals surface area contributed by atoms with Gasteiger partial charge in [0.2, 0.25) is 7.49 Å². The Morgan fingerprint density at radius 1 is 1.21 bits per heavy atom. The number of hydrogen-bond donors (Lipinski definition) is 0. The van der Waals surface area contributed by atoms with E-state index in [0.29, 0.717) is 0 Å². The second-order valence-corrected chi connectivity index (χ2v) is 6.94. The van der Waals surface area contributed by atoms with Gasteiger partial charge in [-0.2, -0.15) is 0 Å². The van der Waals surface area contributed by atoms with E-state index in [4.69, 9.17) is 4.52 Å². The third-order valence-electron chi connectivity index (χ3n) is 2.79. The molecule has 0 radical (unpaired) electrons. The molecule has 1 aliphatic heterocycles. The van der Waals surface area contributed by atoms with Crippen molar-refractivity contribution in [3.05, 3.63) is 41.7 Å². The molecule has 1 heterocycles. The molecule has 0 saturated heterocycles. The van der Waals surface area contributed by atoms with E-state index >= 15 is 0 Å². The first-order valence-corrected chi connectivity index (χ1v) is 6.90. The quantitative estimate of drug-likeness (QED) is 0.677. The smallest absolute Gasteiger partial charge is 0.202 e. The van der Waals surface area contributed by atoms with Crippen molar-refractivity contribution in [1.82, 2.24) is 0 Å². The van der Waals surface area contributed by atoms with E-state index < -0.39 is 7.49 Å². The molecule has 0 aliphatic carbocycles. The molecule has 1 aromatic carbocycles. The molecule has 1 aliphatic rings. The zero-order valence-corrected chi connectivity index (χ0v) is 9.63. The van der Waals surface area contributed by atoms with Crippen molar-refractivity contribution in [2.75, 3.05) is 13.3 Å². The highest BCUT2D eigenvalue weighted by Gasteiger charge is 2.42. The van der Waals surface area contributed by atoms with E-state index in [1.165, 1.54) is 23.5 Å². The Morgan fingerprint density at radius 3 is 2.43 bits per heavy atom. The van der Waals surface area contributed by atoms with Crippen molar-refractivity contribution in [2.24, 2.45) is 0 Å². The highest BCUT2D eigenvalue weighted by molar-refractivity contribution is 7.81. The molecule has 0 fully saturated rings. The van der Waals surface area contributed by atoms with Crippen LogP contribution in [0.1, 0.15) is 13.3 Å². The summed E-state index contributed by atoms with van der Waals surface area (Å²) in [6.45, 7) is 2.20. The second-order valence-electron chi connectivity index (χ2n) is 3.76.